The number of rotatable bonds is 4. The van der Waals surface area contributed by atoms with E-state index in [-0.39, 0.29) is 0 Å². The quantitative estimate of drug-likeness (QED) is 0.934. The lowest BCUT2D eigenvalue weighted by molar-refractivity contribution is 0.331. The molecule has 3 rings (SSSR count). The van der Waals surface area contributed by atoms with Crippen LogP contribution in [0.2, 0.25) is 0 Å². The van der Waals surface area contributed by atoms with Crippen molar-refractivity contribution < 1.29 is 4.74 Å². The number of nitrogens with zero attached hydrogens (tertiary/aromatic N) is 2. The van der Waals surface area contributed by atoms with E-state index in [2.05, 4.69) is 40.3 Å². The highest BCUT2D eigenvalue weighted by molar-refractivity contribution is 5.56. The molecule has 0 radical (unpaired) electrons. The van der Waals surface area contributed by atoms with E-state index in [0.29, 0.717) is 6.61 Å². The predicted octanol–water partition coefficient (Wildman–Crippen LogP) is 3.30. The summed E-state index contributed by atoms with van der Waals surface area (Å²) in [4.78, 5) is 6.67. The van der Waals surface area contributed by atoms with Gasteiger partial charge in [-0.1, -0.05) is 25.1 Å². The predicted molar refractivity (Wildman–Crippen MR) is 86.0 cm³/mol. The lowest BCUT2D eigenvalue weighted by Crippen LogP contribution is -2.25. The van der Waals surface area contributed by atoms with Gasteiger partial charge in [0.25, 0.3) is 0 Å². The second-order valence-corrected chi connectivity index (χ2v) is 5.24. The second kappa shape index (κ2) is 6.48. The van der Waals surface area contributed by atoms with Crippen LogP contribution in [0.3, 0.4) is 0 Å². The number of anilines is 2. The monoisotopic (exact) mass is 283 g/mol. The Kier molecular flexibility index (Phi) is 4.24. The summed E-state index contributed by atoms with van der Waals surface area (Å²) in [5, 5.41) is 3.39. The van der Waals surface area contributed by atoms with Crippen molar-refractivity contribution in [3.63, 3.8) is 0 Å². The van der Waals surface area contributed by atoms with Gasteiger partial charge in [0.15, 0.2) is 0 Å². The largest absolute Gasteiger partial charge is 0.491 e. The van der Waals surface area contributed by atoms with Crippen LogP contribution in [0.5, 0.6) is 5.75 Å². The molecule has 1 aliphatic heterocycles. The molecule has 1 N–H and O–H groups in total. The van der Waals surface area contributed by atoms with Crippen molar-refractivity contribution in [2.24, 2.45) is 0 Å². The summed E-state index contributed by atoms with van der Waals surface area (Å²) in [5.74, 6) is 0.994. The normalized spacial score (nSPS) is 14.0. The number of benzene rings is 1. The number of para-hydroxylation sites is 1. The van der Waals surface area contributed by atoms with E-state index in [9.17, 15) is 0 Å². The van der Waals surface area contributed by atoms with Crippen LogP contribution >= 0.6 is 0 Å². The minimum absolute atomic E-state index is 0.698. The highest BCUT2D eigenvalue weighted by Crippen LogP contribution is 2.26. The zero-order chi connectivity index (χ0) is 14.5. The number of aromatic nitrogens is 1. The van der Waals surface area contributed by atoms with Crippen LogP contribution in [0.4, 0.5) is 11.4 Å². The topological polar surface area (TPSA) is 37.4 Å². The van der Waals surface area contributed by atoms with Crippen LogP contribution in [-0.4, -0.2) is 24.7 Å². The molecule has 0 saturated heterocycles. The van der Waals surface area contributed by atoms with E-state index < -0.39 is 0 Å². The molecule has 0 unspecified atom stereocenters. The summed E-state index contributed by atoms with van der Waals surface area (Å²) in [7, 11) is 0. The Labute approximate surface area is 125 Å². The van der Waals surface area contributed by atoms with Crippen molar-refractivity contribution >= 4 is 11.4 Å². The minimum atomic E-state index is 0.698. The molecule has 1 aromatic heterocycles. The Bertz CT molecular complexity index is 600. The first-order valence-corrected chi connectivity index (χ1v) is 7.51. The van der Waals surface area contributed by atoms with Crippen LogP contribution in [0.25, 0.3) is 0 Å². The molecular formula is C17H21N3O. The number of hydrogen-bond donors (Lipinski definition) is 1. The second-order valence-electron chi connectivity index (χ2n) is 5.24. The maximum atomic E-state index is 5.82. The standard InChI is InChI=1S/C17H21N3O/c1-2-7-19-15-10-16(12-18-11-15)20-8-9-21-17-6-4-3-5-14(17)13-20/h3-6,10-12,19H,2,7-9,13H2,1H3. The molecule has 0 aliphatic carbocycles. The summed E-state index contributed by atoms with van der Waals surface area (Å²) in [6, 6.07) is 10.4. The van der Waals surface area contributed by atoms with Gasteiger partial charge in [-0.05, 0) is 18.6 Å². The lowest BCUT2D eigenvalue weighted by atomic mass is 10.2. The SMILES string of the molecule is CCCNc1cncc(N2CCOc3ccccc3C2)c1. The van der Waals surface area contributed by atoms with E-state index >= 15 is 0 Å². The fraction of sp³-hybridized carbons (Fsp3) is 0.353. The molecule has 0 atom stereocenters. The first-order valence-electron chi connectivity index (χ1n) is 7.51. The molecule has 4 nitrogen and oxygen atoms in total. The first kappa shape index (κ1) is 13.7. The molecule has 2 aromatic rings. The summed E-state index contributed by atoms with van der Waals surface area (Å²) in [6.45, 7) is 5.55. The molecule has 1 aromatic carbocycles. The summed E-state index contributed by atoms with van der Waals surface area (Å²) in [5.41, 5.74) is 3.44. The van der Waals surface area contributed by atoms with Gasteiger partial charge in [-0.3, -0.25) is 4.98 Å². The third-order valence-electron chi connectivity index (χ3n) is 3.62. The Hall–Kier alpha value is -2.23. The van der Waals surface area contributed by atoms with Crippen molar-refractivity contribution in [3.05, 3.63) is 48.3 Å². The molecule has 0 saturated carbocycles. The van der Waals surface area contributed by atoms with Crippen molar-refractivity contribution in [1.82, 2.24) is 4.98 Å². The number of ether oxygens (including phenoxy) is 1. The average Bonchev–Trinajstić information content (AvgIpc) is 2.75. The van der Waals surface area contributed by atoms with Crippen molar-refractivity contribution in [3.8, 4) is 5.75 Å². The molecule has 0 spiro atoms. The van der Waals surface area contributed by atoms with Crippen LogP contribution < -0.4 is 15.0 Å². The van der Waals surface area contributed by atoms with E-state index in [1.165, 1.54) is 5.56 Å². The highest BCUT2D eigenvalue weighted by Gasteiger charge is 2.15. The van der Waals surface area contributed by atoms with Gasteiger partial charge in [0.2, 0.25) is 0 Å². The van der Waals surface area contributed by atoms with Gasteiger partial charge in [-0.25, -0.2) is 0 Å². The van der Waals surface area contributed by atoms with Gasteiger partial charge in [-0.15, -0.1) is 0 Å². The lowest BCUT2D eigenvalue weighted by Gasteiger charge is -2.22. The van der Waals surface area contributed by atoms with E-state index in [4.69, 9.17) is 4.74 Å². The minimum Gasteiger partial charge on any atom is -0.491 e. The Morgan fingerprint density at radius 3 is 3.10 bits per heavy atom. The van der Waals surface area contributed by atoms with Gasteiger partial charge < -0.3 is 15.0 Å². The first-order chi connectivity index (χ1) is 10.4. The molecule has 1 aliphatic rings. The highest BCUT2D eigenvalue weighted by atomic mass is 16.5. The zero-order valence-electron chi connectivity index (χ0n) is 12.4. The van der Waals surface area contributed by atoms with Crippen molar-refractivity contribution in [2.45, 2.75) is 19.9 Å². The summed E-state index contributed by atoms with van der Waals surface area (Å²) < 4.78 is 5.82. The molecule has 4 heteroatoms. The number of fused-ring (bicyclic) bond motifs is 1. The van der Waals surface area contributed by atoms with Crippen molar-refractivity contribution in [2.75, 3.05) is 29.9 Å². The molecule has 0 fully saturated rings. The van der Waals surface area contributed by atoms with Crippen LogP contribution in [-0.2, 0) is 6.54 Å². The van der Waals surface area contributed by atoms with Crippen molar-refractivity contribution in [1.29, 1.82) is 0 Å². The van der Waals surface area contributed by atoms with Gasteiger partial charge >= 0.3 is 0 Å². The van der Waals surface area contributed by atoms with Gasteiger partial charge in [0.05, 0.1) is 30.3 Å². The van der Waals surface area contributed by atoms with Crippen LogP contribution in [0, 0.1) is 0 Å². The maximum absolute atomic E-state index is 5.82. The molecule has 110 valence electrons. The third kappa shape index (κ3) is 3.27. The maximum Gasteiger partial charge on any atom is 0.124 e. The molecule has 0 bridgehead atoms. The van der Waals surface area contributed by atoms with Gasteiger partial charge in [0.1, 0.15) is 12.4 Å². The van der Waals surface area contributed by atoms with E-state index in [0.717, 1.165) is 43.2 Å². The van der Waals surface area contributed by atoms with Gasteiger partial charge in [-0.2, -0.15) is 0 Å². The Morgan fingerprint density at radius 2 is 2.19 bits per heavy atom. The van der Waals surface area contributed by atoms with Gasteiger partial charge in [0, 0.05) is 18.7 Å². The number of nitrogens with one attached hydrogen (secondary N) is 1. The number of hydrogen-bond acceptors (Lipinski definition) is 4. The molecular weight excluding hydrogens is 262 g/mol. The Balaban J connectivity index is 1.80. The van der Waals surface area contributed by atoms with E-state index in [1.54, 1.807) is 0 Å². The van der Waals surface area contributed by atoms with E-state index in [1.807, 2.05) is 24.5 Å². The summed E-state index contributed by atoms with van der Waals surface area (Å²) in [6.07, 6.45) is 4.90. The smallest absolute Gasteiger partial charge is 0.124 e. The average molecular weight is 283 g/mol. The fourth-order valence-corrected chi connectivity index (χ4v) is 2.51. The van der Waals surface area contributed by atoms with Crippen LogP contribution in [0.15, 0.2) is 42.7 Å². The fourth-order valence-electron chi connectivity index (χ4n) is 2.51. The molecule has 2 heterocycles. The third-order valence-corrected chi connectivity index (χ3v) is 3.62. The number of pyridine rings is 1. The Morgan fingerprint density at radius 1 is 1.29 bits per heavy atom. The van der Waals surface area contributed by atoms with Crippen LogP contribution in [0.1, 0.15) is 18.9 Å². The molecule has 21 heavy (non-hydrogen) atoms. The zero-order valence-corrected chi connectivity index (χ0v) is 12.4. The summed E-state index contributed by atoms with van der Waals surface area (Å²) >= 11 is 0. The molecule has 0 amide bonds.